The molecule has 23 heavy (non-hydrogen) atoms. The van der Waals surface area contributed by atoms with Crippen molar-refractivity contribution in [2.75, 3.05) is 26.2 Å². The van der Waals surface area contributed by atoms with Crippen molar-refractivity contribution in [3.05, 3.63) is 0 Å². The van der Waals surface area contributed by atoms with E-state index >= 15 is 0 Å². The molecule has 1 amide bonds. The van der Waals surface area contributed by atoms with Crippen molar-refractivity contribution in [2.24, 2.45) is 16.6 Å². The molecule has 0 spiro atoms. The summed E-state index contributed by atoms with van der Waals surface area (Å²) in [4.78, 5) is 11.3. The van der Waals surface area contributed by atoms with E-state index in [1.807, 2.05) is 0 Å². The summed E-state index contributed by atoms with van der Waals surface area (Å²) in [7, 11) is 0. The van der Waals surface area contributed by atoms with Crippen molar-refractivity contribution >= 4 is 5.91 Å². The van der Waals surface area contributed by atoms with E-state index in [-0.39, 0.29) is 11.3 Å². The Morgan fingerprint density at radius 1 is 0.913 bits per heavy atom. The van der Waals surface area contributed by atoms with Crippen molar-refractivity contribution in [1.82, 2.24) is 10.6 Å². The summed E-state index contributed by atoms with van der Waals surface area (Å²) >= 11 is 0. The Labute approximate surface area is 142 Å². The molecule has 0 unspecified atom stereocenters. The average molecular weight is 324 g/mol. The van der Waals surface area contributed by atoms with E-state index in [2.05, 4.69) is 10.6 Å². The van der Waals surface area contributed by atoms with Crippen LogP contribution in [0.2, 0.25) is 0 Å². The molecule has 2 saturated carbocycles. The van der Waals surface area contributed by atoms with Gasteiger partial charge in [-0.05, 0) is 50.6 Å². The molecule has 2 aliphatic rings. The van der Waals surface area contributed by atoms with Crippen molar-refractivity contribution < 1.29 is 4.79 Å². The highest BCUT2D eigenvalue weighted by Crippen LogP contribution is 2.38. The fraction of sp³-hybridized carbons (Fsp3) is 0.947. The number of rotatable bonds is 8. The van der Waals surface area contributed by atoms with E-state index in [0.29, 0.717) is 5.41 Å². The standard InChI is InChI=1S/C19H37N3O/c1-17(23)22-16-19(10-6-3-7-11-19)15-21-13-12-18(14-20)8-4-2-5-9-18/h21H,2-16,20H2,1H3,(H,22,23). The maximum absolute atomic E-state index is 11.3. The van der Waals surface area contributed by atoms with E-state index < -0.39 is 0 Å². The first-order valence-corrected chi connectivity index (χ1v) is 9.75. The predicted molar refractivity (Wildman–Crippen MR) is 96.3 cm³/mol. The molecule has 0 aromatic heterocycles. The summed E-state index contributed by atoms with van der Waals surface area (Å²) in [6.45, 7) is 5.40. The zero-order valence-electron chi connectivity index (χ0n) is 15.1. The van der Waals surface area contributed by atoms with Gasteiger partial charge in [-0.15, -0.1) is 0 Å². The third-order valence-electron chi connectivity index (χ3n) is 6.31. The summed E-state index contributed by atoms with van der Waals surface area (Å²) in [6, 6.07) is 0. The first-order chi connectivity index (χ1) is 11.1. The number of amides is 1. The minimum absolute atomic E-state index is 0.0965. The number of hydrogen-bond acceptors (Lipinski definition) is 3. The Morgan fingerprint density at radius 3 is 2.00 bits per heavy atom. The molecule has 0 heterocycles. The van der Waals surface area contributed by atoms with Gasteiger partial charge >= 0.3 is 0 Å². The number of nitrogens with one attached hydrogen (secondary N) is 2. The first kappa shape index (κ1) is 18.7. The monoisotopic (exact) mass is 323 g/mol. The van der Waals surface area contributed by atoms with Gasteiger partial charge in [0.2, 0.25) is 5.91 Å². The normalized spacial score (nSPS) is 23.4. The van der Waals surface area contributed by atoms with Gasteiger partial charge in [-0.3, -0.25) is 4.79 Å². The van der Waals surface area contributed by atoms with Crippen molar-refractivity contribution in [3.8, 4) is 0 Å². The SMILES string of the molecule is CC(=O)NCC1(CNCCC2(CN)CCCCC2)CCCCC1. The second-order valence-electron chi connectivity index (χ2n) is 8.16. The molecule has 0 bridgehead atoms. The molecule has 0 aromatic rings. The second-order valence-corrected chi connectivity index (χ2v) is 8.16. The zero-order valence-corrected chi connectivity index (χ0v) is 15.1. The quantitative estimate of drug-likeness (QED) is 0.602. The third-order valence-corrected chi connectivity index (χ3v) is 6.31. The largest absolute Gasteiger partial charge is 0.356 e. The number of carbonyl (C=O) groups excluding carboxylic acids is 1. The third kappa shape index (κ3) is 5.75. The molecule has 4 nitrogen and oxygen atoms in total. The Morgan fingerprint density at radius 2 is 1.48 bits per heavy atom. The van der Waals surface area contributed by atoms with Crippen LogP contribution in [0.25, 0.3) is 0 Å². The highest BCUT2D eigenvalue weighted by atomic mass is 16.1. The number of hydrogen-bond donors (Lipinski definition) is 3. The van der Waals surface area contributed by atoms with Gasteiger partial charge in [0.1, 0.15) is 0 Å². The van der Waals surface area contributed by atoms with E-state index in [1.165, 1.54) is 70.6 Å². The van der Waals surface area contributed by atoms with Crippen molar-refractivity contribution in [1.29, 1.82) is 0 Å². The molecule has 4 N–H and O–H groups in total. The first-order valence-electron chi connectivity index (χ1n) is 9.75. The molecule has 134 valence electrons. The number of nitrogens with two attached hydrogens (primary N) is 1. The Kier molecular flexibility index (Phi) is 7.35. The second kappa shape index (κ2) is 9.03. The fourth-order valence-corrected chi connectivity index (χ4v) is 4.59. The van der Waals surface area contributed by atoms with Crippen molar-refractivity contribution in [2.45, 2.75) is 77.6 Å². The molecule has 2 aliphatic carbocycles. The fourth-order valence-electron chi connectivity index (χ4n) is 4.59. The lowest BCUT2D eigenvalue weighted by Crippen LogP contribution is -2.46. The van der Waals surface area contributed by atoms with Gasteiger partial charge in [0.25, 0.3) is 0 Å². The van der Waals surface area contributed by atoms with Crippen LogP contribution in [0.5, 0.6) is 0 Å². The average Bonchev–Trinajstić information content (AvgIpc) is 2.59. The highest BCUT2D eigenvalue weighted by molar-refractivity contribution is 5.72. The van der Waals surface area contributed by atoms with Crippen molar-refractivity contribution in [3.63, 3.8) is 0 Å². The smallest absolute Gasteiger partial charge is 0.216 e. The molecule has 0 saturated heterocycles. The van der Waals surface area contributed by atoms with Gasteiger partial charge in [0.05, 0.1) is 0 Å². The maximum atomic E-state index is 11.3. The van der Waals surface area contributed by atoms with Crippen LogP contribution in [0.3, 0.4) is 0 Å². The minimum Gasteiger partial charge on any atom is -0.356 e. The van der Waals surface area contributed by atoms with Crippen LogP contribution in [-0.2, 0) is 4.79 Å². The van der Waals surface area contributed by atoms with E-state index in [1.54, 1.807) is 6.92 Å². The van der Waals surface area contributed by atoms with Crippen LogP contribution >= 0.6 is 0 Å². The predicted octanol–water partition coefficient (Wildman–Crippen LogP) is 2.96. The summed E-state index contributed by atoms with van der Waals surface area (Å²) < 4.78 is 0. The molecule has 2 fully saturated rings. The summed E-state index contributed by atoms with van der Waals surface area (Å²) in [5.41, 5.74) is 6.76. The molecular weight excluding hydrogens is 286 g/mol. The van der Waals surface area contributed by atoms with E-state index in [4.69, 9.17) is 5.73 Å². The maximum Gasteiger partial charge on any atom is 0.216 e. The molecule has 0 aliphatic heterocycles. The molecule has 0 radical (unpaired) electrons. The van der Waals surface area contributed by atoms with Crippen LogP contribution in [-0.4, -0.2) is 32.1 Å². The lowest BCUT2D eigenvalue weighted by Gasteiger charge is -2.39. The molecule has 2 rings (SSSR count). The zero-order chi connectivity index (χ0) is 16.6. The Hall–Kier alpha value is -0.610. The van der Waals surface area contributed by atoms with Gasteiger partial charge in [-0.2, -0.15) is 0 Å². The van der Waals surface area contributed by atoms with Crippen LogP contribution in [0.15, 0.2) is 0 Å². The van der Waals surface area contributed by atoms with Crippen LogP contribution in [0.4, 0.5) is 0 Å². The van der Waals surface area contributed by atoms with Gasteiger partial charge in [0, 0.05) is 25.4 Å². The molecular formula is C19H37N3O. The number of carbonyl (C=O) groups is 1. The lowest BCUT2D eigenvalue weighted by atomic mass is 9.71. The molecule has 0 aromatic carbocycles. The molecule has 0 atom stereocenters. The van der Waals surface area contributed by atoms with Gasteiger partial charge in [0.15, 0.2) is 0 Å². The Bertz CT molecular complexity index is 358. The van der Waals surface area contributed by atoms with Gasteiger partial charge in [-0.1, -0.05) is 38.5 Å². The van der Waals surface area contributed by atoms with Crippen LogP contribution in [0.1, 0.15) is 77.6 Å². The van der Waals surface area contributed by atoms with E-state index in [9.17, 15) is 4.79 Å². The summed E-state index contributed by atoms with van der Waals surface area (Å²) in [6.07, 6.45) is 14.3. The highest BCUT2D eigenvalue weighted by Gasteiger charge is 2.33. The molecule has 4 heteroatoms. The lowest BCUT2D eigenvalue weighted by molar-refractivity contribution is -0.119. The minimum atomic E-state index is 0.0965. The topological polar surface area (TPSA) is 67.2 Å². The van der Waals surface area contributed by atoms with Gasteiger partial charge < -0.3 is 16.4 Å². The van der Waals surface area contributed by atoms with Crippen LogP contribution < -0.4 is 16.4 Å². The van der Waals surface area contributed by atoms with Crippen LogP contribution in [0, 0.1) is 10.8 Å². The van der Waals surface area contributed by atoms with E-state index in [0.717, 1.165) is 26.2 Å². The summed E-state index contributed by atoms with van der Waals surface area (Å²) in [5.74, 6) is 0.0965. The Balaban J connectivity index is 1.77. The van der Waals surface area contributed by atoms with Gasteiger partial charge in [-0.25, -0.2) is 0 Å². The summed E-state index contributed by atoms with van der Waals surface area (Å²) in [5, 5.41) is 6.79.